The summed E-state index contributed by atoms with van der Waals surface area (Å²) in [5.41, 5.74) is 8.60. The SMILES string of the molecule is N/C(=N/O)c1ccc(Br)cc1-n1nnc2ccccc21. The van der Waals surface area contributed by atoms with Crippen LogP contribution in [0.25, 0.3) is 16.7 Å². The predicted octanol–water partition coefficient (Wildman–Crippen LogP) is 2.28. The normalized spacial score (nSPS) is 11.9. The Morgan fingerprint density at radius 3 is 2.85 bits per heavy atom. The van der Waals surface area contributed by atoms with Crippen molar-refractivity contribution in [2.24, 2.45) is 10.9 Å². The van der Waals surface area contributed by atoms with Crippen molar-refractivity contribution in [3.63, 3.8) is 0 Å². The van der Waals surface area contributed by atoms with Gasteiger partial charge in [0.2, 0.25) is 0 Å². The van der Waals surface area contributed by atoms with Crippen LogP contribution in [0.2, 0.25) is 0 Å². The third-order valence-corrected chi connectivity index (χ3v) is 3.42. The van der Waals surface area contributed by atoms with Gasteiger partial charge in [-0.25, -0.2) is 4.68 Å². The van der Waals surface area contributed by atoms with Crippen LogP contribution in [-0.2, 0) is 0 Å². The Morgan fingerprint density at radius 2 is 2.05 bits per heavy atom. The fraction of sp³-hybridized carbons (Fsp3) is 0. The van der Waals surface area contributed by atoms with Crippen LogP contribution < -0.4 is 5.73 Å². The van der Waals surface area contributed by atoms with Crippen molar-refractivity contribution in [2.75, 3.05) is 0 Å². The Kier molecular flexibility index (Phi) is 3.11. The molecule has 7 heteroatoms. The molecule has 20 heavy (non-hydrogen) atoms. The number of nitrogens with two attached hydrogens (primary N) is 1. The highest BCUT2D eigenvalue weighted by atomic mass is 79.9. The molecule has 3 rings (SSSR count). The maximum atomic E-state index is 8.90. The number of fused-ring (bicyclic) bond motifs is 1. The summed E-state index contributed by atoms with van der Waals surface area (Å²) in [5, 5.41) is 20.2. The van der Waals surface area contributed by atoms with E-state index in [1.165, 1.54) is 0 Å². The van der Waals surface area contributed by atoms with Gasteiger partial charge in [0.05, 0.1) is 11.2 Å². The van der Waals surface area contributed by atoms with Crippen molar-refractivity contribution in [2.45, 2.75) is 0 Å². The maximum Gasteiger partial charge on any atom is 0.172 e. The molecule has 3 N–H and O–H groups in total. The summed E-state index contributed by atoms with van der Waals surface area (Å²) >= 11 is 3.41. The fourth-order valence-electron chi connectivity index (χ4n) is 2.00. The lowest BCUT2D eigenvalue weighted by Gasteiger charge is -2.09. The first-order chi connectivity index (χ1) is 9.70. The van der Waals surface area contributed by atoms with Gasteiger partial charge < -0.3 is 10.9 Å². The zero-order chi connectivity index (χ0) is 14.1. The minimum absolute atomic E-state index is 0.0204. The van der Waals surface area contributed by atoms with Crippen LogP contribution in [0.5, 0.6) is 0 Å². The summed E-state index contributed by atoms with van der Waals surface area (Å²) in [6.45, 7) is 0. The van der Waals surface area contributed by atoms with Crippen molar-refractivity contribution in [1.82, 2.24) is 15.0 Å². The van der Waals surface area contributed by atoms with Crippen molar-refractivity contribution in [3.8, 4) is 5.69 Å². The van der Waals surface area contributed by atoms with Crippen molar-refractivity contribution >= 4 is 32.8 Å². The van der Waals surface area contributed by atoms with Gasteiger partial charge in [-0.15, -0.1) is 5.10 Å². The Labute approximate surface area is 122 Å². The molecule has 0 aliphatic rings. The van der Waals surface area contributed by atoms with E-state index >= 15 is 0 Å². The van der Waals surface area contributed by atoms with E-state index in [4.69, 9.17) is 10.9 Å². The van der Waals surface area contributed by atoms with Gasteiger partial charge in [0.1, 0.15) is 5.52 Å². The second-order valence-corrected chi connectivity index (χ2v) is 5.05. The zero-order valence-corrected chi connectivity index (χ0v) is 11.8. The Balaban J connectivity index is 2.31. The lowest BCUT2D eigenvalue weighted by Crippen LogP contribution is -2.16. The first kappa shape index (κ1) is 12.6. The molecule has 0 fully saturated rings. The molecule has 0 bridgehead atoms. The predicted molar refractivity (Wildman–Crippen MR) is 79.1 cm³/mol. The average molecular weight is 332 g/mol. The largest absolute Gasteiger partial charge is 0.409 e. The molecule has 0 saturated heterocycles. The van der Waals surface area contributed by atoms with Gasteiger partial charge in [0.25, 0.3) is 0 Å². The number of amidine groups is 1. The average Bonchev–Trinajstić information content (AvgIpc) is 2.90. The molecular weight excluding hydrogens is 322 g/mol. The van der Waals surface area contributed by atoms with E-state index in [-0.39, 0.29) is 5.84 Å². The maximum absolute atomic E-state index is 8.90. The summed E-state index contributed by atoms with van der Waals surface area (Å²) < 4.78 is 2.52. The topological polar surface area (TPSA) is 89.3 Å². The number of halogens is 1. The lowest BCUT2D eigenvalue weighted by molar-refractivity contribution is 0.318. The molecule has 6 nitrogen and oxygen atoms in total. The van der Waals surface area contributed by atoms with E-state index in [0.29, 0.717) is 11.3 Å². The van der Waals surface area contributed by atoms with Crippen LogP contribution in [-0.4, -0.2) is 26.0 Å². The van der Waals surface area contributed by atoms with E-state index in [0.717, 1.165) is 15.5 Å². The van der Waals surface area contributed by atoms with Crippen LogP contribution in [0.1, 0.15) is 5.56 Å². The number of para-hydroxylation sites is 1. The van der Waals surface area contributed by atoms with Crippen LogP contribution in [0.15, 0.2) is 52.1 Å². The Bertz CT molecular complexity index is 811. The third kappa shape index (κ3) is 2.01. The van der Waals surface area contributed by atoms with Gasteiger partial charge in [-0.3, -0.25) is 0 Å². The number of hydrogen-bond donors (Lipinski definition) is 2. The zero-order valence-electron chi connectivity index (χ0n) is 10.2. The van der Waals surface area contributed by atoms with Gasteiger partial charge in [0, 0.05) is 10.0 Å². The quantitative estimate of drug-likeness (QED) is 0.326. The molecule has 0 aliphatic carbocycles. The highest BCUT2D eigenvalue weighted by molar-refractivity contribution is 9.10. The van der Waals surface area contributed by atoms with E-state index < -0.39 is 0 Å². The minimum Gasteiger partial charge on any atom is -0.409 e. The molecule has 1 aromatic heterocycles. The molecule has 2 aromatic carbocycles. The van der Waals surface area contributed by atoms with Crippen molar-refractivity contribution in [3.05, 3.63) is 52.5 Å². The van der Waals surface area contributed by atoms with Gasteiger partial charge in [-0.05, 0) is 30.3 Å². The number of oxime groups is 1. The van der Waals surface area contributed by atoms with Gasteiger partial charge in [-0.2, -0.15) is 0 Å². The smallest absolute Gasteiger partial charge is 0.172 e. The van der Waals surface area contributed by atoms with E-state index in [9.17, 15) is 0 Å². The molecule has 3 aromatic rings. The lowest BCUT2D eigenvalue weighted by atomic mass is 10.1. The third-order valence-electron chi connectivity index (χ3n) is 2.92. The van der Waals surface area contributed by atoms with Crippen LogP contribution >= 0.6 is 15.9 Å². The molecule has 0 radical (unpaired) electrons. The highest BCUT2D eigenvalue weighted by Crippen LogP contribution is 2.23. The number of benzene rings is 2. The summed E-state index contributed by atoms with van der Waals surface area (Å²) in [4.78, 5) is 0. The first-order valence-corrected chi connectivity index (χ1v) is 6.58. The highest BCUT2D eigenvalue weighted by Gasteiger charge is 2.13. The molecular formula is C13H10BrN5O. The molecule has 0 spiro atoms. The standard InChI is InChI=1S/C13H10BrN5O/c14-8-5-6-9(13(15)17-20)12(7-8)19-11-4-2-1-3-10(11)16-18-19/h1-7,20H,(H2,15,17). The van der Waals surface area contributed by atoms with E-state index in [1.807, 2.05) is 36.4 Å². The minimum atomic E-state index is 0.0204. The summed E-state index contributed by atoms with van der Waals surface area (Å²) in [5.74, 6) is 0.0204. The number of aromatic nitrogens is 3. The molecule has 0 amide bonds. The first-order valence-electron chi connectivity index (χ1n) is 5.79. The van der Waals surface area contributed by atoms with Gasteiger partial charge >= 0.3 is 0 Å². The second kappa shape index (κ2) is 4.93. The molecule has 0 aliphatic heterocycles. The monoisotopic (exact) mass is 331 g/mol. The molecule has 0 atom stereocenters. The van der Waals surface area contributed by atoms with Crippen molar-refractivity contribution in [1.29, 1.82) is 0 Å². The molecule has 1 heterocycles. The number of nitrogens with zero attached hydrogens (tertiary/aromatic N) is 4. The van der Waals surface area contributed by atoms with Crippen LogP contribution in [0.3, 0.4) is 0 Å². The fourth-order valence-corrected chi connectivity index (χ4v) is 2.35. The molecule has 0 unspecified atom stereocenters. The summed E-state index contributed by atoms with van der Waals surface area (Å²) in [6.07, 6.45) is 0. The summed E-state index contributed by atoms with van der Waals surface area (Å²) in [7, 11) is 0. The van der Waals surface area contributed by atoms with Gasteiger partial charge in [0.15, 0.2) is 5.84 Å². The van der Waals surface area contributed by atoms with E-state index in [2.05, 4.69) is 31.4 Å². The van der Waals surface area contributed by atoms with Crippen LogP contribution in [0.4, 0.5) is 0 Å². The van der Waals surface area contributed by atoms with E-state index in [1.54, 1.807) is 10.7 Å². The second-order valence-electron chi connectivity index (χ2n) is 4.14. The van der Waals surface area contributed by atoms with Crippen molar-refractivity contribution < 1.29 is 5.21 Å². The summed E-state index contributed by atoms with van der Waals surface area (Å²) in [6, 6.07) is 13.0. The Morgan fingerprint density at radius 1 is 1.25 bits per heavy atom. The molecule has 0 saturated carbocycles. The Hall–Kier alpha value is -2.41. The van der Waals surface area contributed by atoms with Crippen LogP contribution in [0, 0.1) is 0 Å². The number of rotatable bonds is 2. The number of hydrogen-bond acceptors (Lipinski definition) is 4. The van der Waals surface area contributed by atoms with Gasteiger partial charge in [-0.1, -0.05) is 38.4 Å². The molecule has 100 valence electrons.